The lowest BCUT2D eigenvalue weighted by molar-refractivity contribution is 0.106. The maximum absolute atomic E-state index is 6.16. The van der Waals surface area contributed by atoms with Gasteiger partial charge in [-0.2, -0.15) is 19.6 Å². The minimum Gasteiger partial charge on any atom is -0.491 e. The summed E-state index contributed by atoms with van der Waals surface area (Å²) in [4.78, 5) is 9.39. The fourth-order valence-corrected chi connectivity index (χ4v) is 4.15. The lowest BCUT2D eigenvalue weighted by Crippen LogP contribution is -2.37. The van der Waals surface area contributed by atoms with Gasteiger partial charge in [0, 0.05) is 24.2 Å². The summed E-state index contributed by atoms with van der Waals surface area (Å²) >= 11 is 0. The second-order valence-corrected chi connectivity index (χ2v) is 8.55. The zero-order valence-corrected chi connectivity index (χ0v) is 18.6. The molecule has 32 heavy (non-hydrogen) atoms. The Morgan fingerprint density at radius 2 is 2.22 bits per heavy atom. The predicted molar refractivity (Wildman–Crippen MR) is 120 cm³/mol. The molecule has 3 aromatic rings. The van der Waals surface area contributed by atoms with Crippen molar-refractivity contribution in [3.8, 4) is 11.8 Å². The van der Waals surface area contributed by atoms with Crippen LogP contribution < -0.4 is 20.1 Å². The number of nitrogens with zero attached hydrogens (tertiary/aromatic N) is 4. The third-order valence-electron chi connectivity index (χ3n) is 5.92. The number of hydrogen-bond donors (Lipinski definition) is 2. The smallest absolute Gasteiger partial charge is 0.322 e. The van der Waals surface area contributed by atoms with Gasteiger partial charge in [-0.1, -0.05) is 26.0 Å². The molecule has 0 saturated carbocycles. The minimum absolute atomic E-state index is 0.0728. The number of piperidine rings is 1. The van der Waals surface area contributed by atoms with Crippen LogP contribution in [0, 0.1) is 0 Å². The Labute approximate surface area is 187 Å². The number of ether oxygens (including phenoxy) is 3. The molecule has 4 heterocycles. The molecule has 0 unspecified atom stereocenters. The van der Waals surface area contributed by atoms with Gasteiger partial charge in [-0.3, -0.25) is 0 Å². The quantitative estimate of drug-likeness (QED) is 0.607. The van der Waals surface area contributed by atoms with Crippen molar-refractivity contribution >= 4 is 11.6 Å². The number of fused-ring (bicyclic) bond motifs is 2. The highest BCUT2D eigenvalue weighted by molar-refractivity contribution is 5.53. The van der Waals surface area contributed by atoms with Crippen LogP contribution in [0.3, 0.4) is 0 Å². The summed E-state index contributed by atoms with van der Waals surface area (Å²) in [5, 5.41) is 11.4. The zero-order chi connectivity index (χ0) is 21.9. The SMILES string of the molecule is CC(C)c1cnn2c(NCc3cccc4c3COCCO4)nc(O[C@@H]3CCCNC3)nc12. The molecule has 2 aliphatic rings. The van der Waals surface area contributed by atoms with E-state index < -0.39 is 0 Å². The first-order chi connectivity index (χ1) is 15.7. The van der Waals surface area contributed by atoms with E-state index in [1.165, 1.54) is 0 Å². The molecule has 0 spiro atoms. The lowest BCUT2D eigenvalue weighted by Gasteiger charge is -2.23. The van der Waals surface area contributed by atoms with E-state index in [4.69, 9.17) is 19.2 Å². The number of nitrogens with one attached hydrogen (secondary N) is 2. The van der Waals surface area contributed by atoms with Gasteiger partial charge in [-0.25, -0.2) is 0 Å². The van der Waals surface area contributed by atoms with Crippen LogP contribution in [0.15, 0.2) is 24.4 Å². The maximum Gasteiger partial charge on any atom is 0.322 e. The number of aromatic nitrogens is 4. The van der Waals surface area contributed by atoms with Crippen molar-refractivity contribution < 1.29 is 14.2 Å². The summed E-state index contributed by atoms with van der Waals surface area (Å²) in [6, 6.07) is 6.46. The van der Waals surface area contributed by atoms with Crippen molar-refractivity contribution in [1.29, 1.82) is 0 Å². The van der Waals surface area contributed by atoms with E-state index in [-0.39, 0.29) is 6.10 Å². The summed E-state index contributed by atoms with van der Waals surface area (Å²) in [6.45, 7) is 8.37. The first-order valence-electron chi connectivity index (χ1n) is 11.4. The molecular weight excluding hydrogens is 408 g/mol. The Balaban J connectivity index is 1.45. The molecule has 0 bridgehead atoms. The molecule has 0 radical (unpaired) electrons. The van der Waals surface area contributed by atoms with E-state index in [2.05, 4.69) is 40.6 Å². The van der Waals surface area contributed by atoms with Gasteiger partial charge in [0.05, 0.1) is 19.4 Å². The molecule has 170 valence electrons. The highest BCUT2D eigenvalue weighted by Crippen LogP contribution is 2.27. The Morgan fingerprint density at radius 3 is 3.06 bits per heavy atom. The van der Waals surface area contributed by atoms with E-state index in [1.807, 2.05) is 18.3 Å². The largest absolute Gasteiger partial charge is 0.491 e. The van der Waals surface area contributed by atoms with E-state index in [0.29, 0.717) is 44.2 Å². The maximum atomic E-state index is 6.16. The van der Waals surface area contributed by atoms with Crippen LogP contribution >= 0.6 is 0 Å². The van der Waals surface area contributed by atoms with Crippen molar-refractivity contribution in [2.45, 2.75) is 51.9 Å². The topological polar surface area (TPSA) is 94.8 Å². The van der Waals surface area contributed by atoms with Gasteiger partial charge in [0.25, 0.3) is 0 Å². The van der Waals surface area contributed by atoms with Gasteiger partial charge in [-0.15, -0.1) is 0 Å². The number of anilines is 1. The monoisotopic (exact) mass is 438 g/mol. The van der Waals surface area contributed by atoms with Crippen molar-refractivity contribution in [1.82, 2.24) is 24.9 Å². The van der Waals surface area contributed by atoms with Gasteiger partial charge in [0.15, 0.2) is 5.65 Å². The van der Waals surface area contributed by atoms with Gasteiger partial charge in [0.2, 0.25) is 5.95 Å². The van der Waals surface area contributed by atoms with Crippen LogP contribution in [-0.2, 0) is 17.9 Å². The summed E-state index contributed by atoms with van der Waals surface area (Å²) < 4.78 is 19.4. The second-order valence-electron chi connectivity index (χ2n) is 8.55. The molecular formula is C23H30N6O3. The van der Waals surface area contributed by atoms with Crippen molar-refractivity contribution in [2.75, 3.05) is 31.6 Å². The molecule has 2 aliphatic heterocycles. The third kappa shape index (κ3) is 4.35. The molecule has 1 atom stereocenters. The Bertz CT molecular complexity index is 1080. The summed E-state index contributed by atoms with van der Waals surface area (Å²) in [7, 11) is 0. The fourth-order valence-electron chi connectivity index (χ4n) is 4.15. The third-order valence-corrected chi connectivity index (χ3v) is 5.92. The summed E-state index contributed by atoms with van der Waals surface area (Å²) in [5.74, 6) is 1.78. The van der Waals surface area contributed by atoms with Crippen LogP contribution in [0.25, 0.3) is 5.65 Å². The summed E-state index contributed by atoms with van der Waals surface area (Å²) in [5.41, 5.74) is 4.01. The molecule has 9 heteroatoms. The molecule has 0 aliphatic carbocycles. The van der Waals surface area contributed by atoms with Crippen LogP contribution in [0.5, 0.6) is 11.8 Å². The average Bonchev–Trinajstić information content (AvgIpc) is 3.08. The first-order valence-corrected chi connectivity index (χ1v) is 11.4. The molecule has 1 aromatic carbocycles. The number of hydrogen-bond acceptors (Lipinski definition) is 8. The molecule has 5 rings (SSSR count). The molecule has 2 aromatic heterocycles. The van der Waals surface area contributed by atoms with Crippen molar-refractivity contribution in [3.05, 3.63) is 41.1 Å². The average molecular weight is 439 g/mol. The van der Waals surface area contributed by atoms with E-state index >= 15 is 0 Å². The van der Waals surface area contributed by atoms with Crippen LogP contribution in [0.1, 0.15) is 49.3 Å². The van der Waals surface area contributed by atoms with Gasteiger partial charge in [0.1, 0.15) is 18.5 Å². The van der Waals surface area contributed by atoms with E-state index in [0.717, 1.165) is 54.0 Å². The van der Waals surface area contributed by atoms with E-state index in [1.54, 1.807) is 4.52 Å². The zero-order valence-electron chi connectivity index (χ0n) is 18.6. The summed E-state index contributed by atoms with van der Waals surface area (Å²) in [6.07, 6.45) is 4.02. The molecule has 1 saturated heterocycles. The highest BCUT2D eigenvalue weighted by atomic mass is 16.5. The van der Waals surface area contributed by atoms with Crippen LogP contribution in [0.4, 0.5) is 5.95 Å². The van der Waals surface area contributed by atoms with Crippen molar-refractivity contribution in [2.24, 2.45) is 0 Å². The minimum atomic E-state index is 0.0728. The molecule has 9 nitrogen and oxygen atoms in total. The van der Waals surface area contributed by atoms with E-state index in [9.17, 15) is 0 Å². The molecule has 2 N–H and O–H groups in total. The Hall–Kier alpha value is -2.91. The lowest BCUT2D eigenvalue weighted by atomic mass is 10.1. The first kappa shape index (κ1) is 21.0. The Kier molecular flexibility index (Phi) is 6.09. The number of benzene rings is 1. The van der Waals surface area contributed by atoms with Crippen LogP contribution in [0.2, 0.25) is 0 Å². The number of rotatable bonds is 6. The predicted octanol–water partition coefficient (Wildman–Crippen LogP) is 2.90. The van der Waals surface area contributed by atoms with Gasteiger partial charge >= 0.3 is 6.01 Å². The molecule has 1 fully saturated rings. The van der Waals surface area contributed by atoms with Gasteiger partial charge in [-0.05, 0) is 36.9 Å². The Morgan fingerprint density at radius 1 is 1.28 bits per heavy atom. The van der Waals surface area contributed by atoms with Gasteiger partial charge < -0.3 is 24.8 Å². The van der Waals surface area contributed by atoms with Crippen molar-refractivity contribution in [3.63, 3.8) is 0 Å². The highest BCUT2D eigenvalue weighted by Gasteiger charge is 2.20. The second kappa shape index (κ2) is 9.30. The standard InChI is InChI=1S/C23H30N6O3/c1-15(2)18-13-26-29-21(18)27-23(32-17-6-4-8-24-12-17)28-22(29)25-11-16-5-3-7-20-19(16)14-30-9-10-31-20/h3,5,7,13,15,17,24H,4,6,8-12,14H2,1-2H3,(H,25,27,28)/t17-/m1/s1. The van der Waals surface area contributed by atoms with Crippen LogP contribution in [-0.4, -0.2) is 52.0 Å². The fraction of sp³-hybridized carbons (Fsp3) is 0.522. The normalized spacial score (nSPS) is 18.8. The molecule has 0 amide bonds.